The van der Waals surface area contributed by atoms with E-state index in [1.165, 1.54) is 10.6 Å². The van der Waals surface area contributed by atoms with Crippen molar-refractivity contribution in [2.45, 2.75) is 0 Å². The molecule has 0 aromatic heterocycles. The number of nitrogens with one attached hydrogen (secondary N) is 2. The minimum atomic E-state index is 0.0647. The van der Waals surface area contributed by atoms with E-state index in [0.717, 1.165) is 69.6 Å². The van der Waals surface area contributed by atoms with E-state index >= 15 is 0 Å². The van der Waals surface area contributed by atoms with Crippen LogP contribution in [-0.4, -0.2) is 72.0 Å². The van der Waals surface area contributed by atoms with Crippen LogP contribution >= 0.6 is 0 Å². The summed E-state index contributed by atoms with van der Waals surface area (Å²) in [5.41, 5.74) is 3.15. The molecule has 2 aromatic rings. The highest BCUT2D eigenvalue weighted by molar-refractivity contribution is 5.91. The highest BCUT2D eigenvalue weighted by Crippen LogP contribution is 2.27. The maximum atomic E-state index is 12.5. The Morgan fingerprint density at radius 1 is 1.00 bits per heavy atom. The van der Waals surface area contributed by atoms with Crippen LogP contribution in [0, 0.1) is 0 Å². The van der Waals surface area contributed by atoms with E-state index in [9.17, 15) is 4.79 Å². The summed E-state index contributed by atoms with van der Waals surface area (Å²) in [4.78, 5) is 18.5. The predicted molar refractivity (Wildman–Crippen MR) is 119 cm³/mol. The number of hydrogen-bond acceptors (Lipinski definition) is 5. The average Bonchev–Trinajstić information content (AvgIpc) is 2.80. The molecule has 2 heterocycles. The number of anilines is 3. The van der Waals surface area contributed by atoms with Crippen LogP contribution in [0.5, 0.6) is 5.75 Å². The summed E-state index contributed by atoms with van der Waals surface area (Å²) in [6, 6.07) is 16.2. The maximum Gasteiger partial charge on any atom is 0.279 e. The Bertz CT molecular complexity index is 829. The molecule has 2 aromatic carbocycles. The van der Waals surface area contributed by atoms with Gasteiger partial charge in [-0.25, -0.2) is 0 Å². The molecule has 0 radical (unpaired) electrons. The van der Waals surface area contributed by atoms with Gasteiger partial charge in [0.05, 0.1) is 52.2 Å². The molecule has 0 atom stereocenters. The van der Waals surface area contributed by atoms with Crippen LogP contribution in [0.15, 0.2) is 48.5 Å². The standard InChI is InChI=1S/C23H30N4O3/c1-29-22-5-3-2-4-21(22)27-12-10-25(11-13-27)18-23(28)24-19-6-8-20(9-7-19)26-14-16-30-17-15-26/h2-9H,10-18H2,1H3,(H,24,28)/p+1. The second kappa shape index (κ2) is 9.82. The molecule has 7 nitrogen and oxygen atoms in total. The lowest BCUT2D eigenvalue weighted by Gasteiger charge is -2.34. The molecule has 2 saturated heterocycles. The first-order chi connectivity index (χ1) is 14.7. The highest BCUT2D eigenvalue weighted by Gasteiger charge is 2.24. The summed E-state index contributed by atoms with van der Waals surface area (Å²) in [6.45, 7) is 7.55. The van der Waals surface area contributed by atoms with Crippen LogP contribution in [0.25, 0.3) is 0 Å². The van der Waals surface area contributed by atoms with Crippen LogP contribution in [0.2, 0.25) is 0 Å². The third-order valence-electron chi connectivity index (χ3n) is 5.83. The molecule has 0 bridgehead atoms. The highest BCUT2D eigenvalue weighted by atomic mass is 16.5. The van der Waals surface area contributed by atoms with Gasteiger partial charge in [0.2, 0.25) is 0 Å². The number of amides is 1. The molecule has 2 aliphatic heterocycles. The Morgan fingerprint density at radius 3 is 2.40 bits per heavy atom. The average molecular weight is 412 g/mol. The summed E-state index contributed by atoms with van der Waals surface area (Å²) in [5, 5.41) is 3.04. The van der Waals surface area contributed by atoms with Crippen LogP contribution in [0.4, 0.5) is 17.1 Å². The Hall–Kier alpha value is -2.77. The number of para-hydroxylation sites is 2. The molecule has 2 fully saturated rings. The molecule has 0 unspecified atom stereocenters. The lowest BCUT2D eigenvalue weighted by Crippen LogP contribution is -3.15. The fourth-order valence-electron chi connectivity index (χ4n) is 4.14. The first kappa shape index (κ1) is 20.5. The summed E-state index contributed by atoms with van der Waals surface area (Å²) >= 11 is 0. The molecule has 2 aliphatic rings. The largest absolute Gasteiger partial charge is 0.495 e. The number of nitrogens with zero attached hydrogens (tertiary/aromatic N) is 2. The third-order valence-corrected chi connectivity index (χ3v) is 5.83. The molecular formula is C23H31N4O3+. The number of benzene rings is 2. The van der Waals surface area contributed by atoms with Crippen molar-refractivity contribution in [1.82, 2.24) is 0 Å². The van der Waals surface area contributed by atoms with E-state index in [-0.39, 0.29) is 5.91 Å². The van der Waals surface area contributed by atoms with Gasteiger partial charge in [0, 0.05) is 24.5 Å². The molecule has 0 spiro atoms. The summed E-state index contributed by atoms with van der Waals surface area (Å²) in [7, 11) is 1.71. The molecule has 1 amide bonds. The normalized spacial score (nSPS) is 17.6. The molecule has 2 N–H and O–H groups in total. The van der Waals surface area contributed by atoms with Crippen molar-refractivity contribution in [3.8, 4) is 5.75 Å². The van der Waals surface area contributed by atoms with Gasteiger partial charge in [0.15, 0.2) is 6.54 Å². The Balaban J connectivity index is 1.25. The van der Waals surface area contributed by atoms with E-state index in [1.54, 1.807) is 7.11 Å². The first-order valence-corrected chi connectivity index (χ1v) is 10.7. The lowest BCUT2D eigenvalue weighted by atomic mass is 10.2. The summed E-state index contributed by atoms with van der Waals surface area (Å²) in [5.74, 6) is 0.967. The number of hydrogen-bond donors (Lipinski definition) is 2. The van der Waals surface area contributed by atoms with Gasteiger partial charge in [0.1, 0.15) is 5.75 Å². The fraction of sp³-hybridized carbons (Fsp3) is 0.435. The van der Waals surface area contributed by atoms with E-state index in [1.807, 2.05) is 30.3 Å². The van der Waals surface area contributed by atoms with Crippen molar-refractivity contribution in [3.05, 3.63) is 48.5 Å². The van der Waals surface area contributed by atoms with Crippen molar-refractivity contribution >= 4 is 23.0 Å². The zero-order valence-corrected chi connectivity index (χ0v) is 17.6. The fourth-order valence-corrected chi connectivity index (χ4v) is 4.14. The van der Waals surface area contributed by atoms with E-state index in [0.29, 0.717) is 6.54 Å². The van der Waals surface area contributed by atoms with Gasteiger partial charge in [0.25, 0.3) is 5.91 Å². The number of morpholine rings is 1. The minimum absolute atomic E-state index is 0.0647. The molecule has 0 saturated carbocycles. The number of carbonyl (C=O) groups excluding carboxylic acids is 1. The Morgan fingerprint density at radius 2 is 1.70 bits per heavy atom. The quantitative estimate of drug-likeness (QED) is 0.739. The molecule has 7 heteroatoms. The summed E-state index contributed by atoms with van der Waals surface area (Å²) < 4.78 is 10.9. The minimum Gasteiger partial charge on any atom is -0.495 e. The number of methoxy groups -OCH3 is 1. The third kappa shape index (κ3) is 5.04. The zero-order chi connectivity index (χ0) is 20.8. The van der Waals surface area contributed by atoms with Gasteiger partial charge >= 0.3 is 0 Å². The van der Waals surface area contributed by atoms with Crippen molar-refractivity contribution < 1.29 is 19.2 Å². The van der Waals surface area contributed by atoms with Gasteiger partial charge < -0.3 is 29.5 Å². The smallest absolute Gasteiger partial charge is 0.279 e. The van der Waals surface area contributed by atoms with Gasteiger partial charge in [-0.1, -0.05) is 12.1 Å². The zero-order valence-electron chi connectivity index (χ0n) is 17.6. The Kier molecular flexibility index (Phi) is 6.71. The van der Waals surface area contributed by atoms with Crippen molar-refractivity contribution in [1.29, 1.82) is 0 Å². The van der Waals surface area contributed by atoms with Crippen molar-refractivity contribution in [3.63, 3.8) is 0 Å². The second-order valence-corrected chi connectivity index (χ2v) is 7.78. The molecule has 4 rings (SSSR count). The SMILES string of the molecule is COc1ccccc1N1CC[NH+](CC(=O)Nc2ccc(N3CCOCC3)cc2)CC1. The van der Waals surface area contributed by atoms with Gasteiger partial charge in [-0.15, -0.1) is 0 Å². The van der Waals surface area contributed by atoms with Crippen LogP contribution < -0.4 is 24.8 Å². The van der Waals surface area contributed by atoms with Gasteiger partial charge in [-0.05, 0) is 36.4 Å². The van der Waals surface area contributed by atoms with Gasteiger partial charge in [-0.2, -0.15) is 0 Å². The van der Waals surface area contributed by atoms with Crippen molar-refractivity contribution in [2.75, 3.05) is 81.3 Å². The number of piperazine rings is 1. The van der Waals surface area contributed by atoms with Crippen LogP contribution in [0.1, 0.15) is 0 Å². The number of ether oxygens (including phenoxy) is 2. The lowest BCUT2D eigenvalue weighted by molar-refractivity contribution is -0.892. The van der Waals surface area contributed by atoms with Crippen LogP contribution in [-0.2, 0) is 9.53 Å². The Labute approximate surface area is 178 Å². The number of rotatable bonds is 6. The monoisotopic (exact) mass is 411 g/mol. The molecule has 160 valence electrons. The first-order valence-electron chi connectivity index (χ1n) is 10.7. The van der Waals surface area contributed by atoms with Gasteiger partial charge in [-0.3, -0.25) is 4.79 Å². The summed E-state index contributed by atoms with van der Waals surface area (Å²) in [6.07, 6.45) is 0. The van der Waals surface area contributed by atoms with E-state index in [4.69, 9.17) is 9.47 Å². The van der Waals surface area contributed by atoms with E-state index < -0.39 is 0 Å². The maximum absolute atomic E-state index is 12.5. The molecule has 0 aliphatic carbocycles. The van der Waals surface area contributed by atoms with Crippen molar-refractivity contribution in [2.24, 2.45) is 0 Å². The van der Waals surface area contributed by atoms with E-state index in [2.05, 4.69) is 33.3 Å². The number of quaternary nitrogens is 1. The van der Waals surface area contributed by atoms with Crippen LogP contribution in [0.3, 0.4) is 0 Å². The second-order valence-electron chi connectivity index (χ2n) is 7.78. The molecular weight excluding hydrogens is 380 g/mol. The number of carbonyl (C=O) groups is 1. The molecule has 30 heavy (non-hydrogen) atoms. The topological polar surface area (TPSA) is 58.5 Å². The predicted octanol–water partition coefficient (Wildman–Crippen LogP) is 0.875.